The lowest BCUT2D eigenvalue weighted by Gasteiger charge is -2.28. The maximum absolute atomic E-state index is 2.66. The molecule has 44 heavy (non-hydrogen) atoms. The average Bonchev–Trinajstić information content (AvgIpc) is 3.05. The van der Waals surface area contributed by atoms with Gasteiger partial charge in [0.2, 0.25) is 0 Å². The molecular formula is C42H74P2. The van der Waals surface area contributed by atoms with Crippen molar-refractivity contribution in [2.45, 2.75) is 182 Å². The Morgan fingerprint density at radius 2 is 0.727 bits per heavy atom. The molecule has 0 atom stereocenters. The summed E-state index contributed by atoms with van der Waals surface area (Å²) in [6, 6.07) is 14.7. The lowest BCUT2D eigenvalue weighted by molar-refractivity contribution is 0.622. The summed E-state index contributed by atoms with van der Waals surface area (Å²) < 4.78 is 0. The fraction of sp³-hybridized carbons (Fsp3) is 0.762. The van der Waals surface area contributed by atoms with Crippen LogP contribution in [0.3, 0.4) is 0 Å². The summed E-state index contributed by atoms with van der Waals surface area (Å²) in [7, 11) is -0.163. The largest absolute Gasteiger partial charge is 0.0746 e. The van der Waals surface area contributed by atoms with Gasteiger partial charge in [0.25, 0.3) is 0 Å². The van der Waals surface area contributed by atoms with E-state index in [0.717, 1.165) is 0 Å². The molecule has 0 aliphatic heterocycles. The summed E-state index contributed by atoms with van der Waals surface area (Å²) in [6.45, 7) is 9.37. The fourth-order valence-electron chi connectivity index (χ4n) is 6.85. The Balaban J connectivity index is 2.31. The van der Waals surface area contributed by atoms with Crippen molar-refractivity contribution in [3.8, 4) is 0 Å². The number of hydrogen-bond acceptors (Lipinski definition) is 0. The highest BCUT2D eigenvalue weighted by atomic mass is 31.1. The molecule has 2 heteroatoms. The van der Waals surface area contributed by atoms with Crippen molar-refractivity contribution in [1.82, 2.24) is 0 Å². The van der Waals surface area contributed by atoms with Crippen molar-refractivity contribution < 1.29 is 0 Å². The van der Waals surface area contributed by atoms with Gasteiger partial charge in [0, 0.05) is 0 Å². The predicted molar refractivity (Wildman–Crippen MR) is 210 cm³/mol. The normalized spacial score (nSPS) is 11.9. The van der Waals surface area contributed by atoms with Gasteiger partial charge < -0.3 is 0 Å². The molecule has 0 nitrogen and oxygen atoms in total. The molecule has 0 bridgehead atoms. The SMILES string of the molecule is CCCCCCCCP(CCCCCCCC)c1ccc2ccccc2c1P(CCCCCCCC)CCCCCCCC. The molecule has 0 unspecified atom stereocenters. The van der Waals surface area contributed by atoms with Gasteiger partial charge in [-0.2, -0.15) is 0 Å². The first-order chi connectivity index (χ1) is 21.8. The summed E-state index contributed by atoms with van der Waals surface area (Å²) in [5.74, 6) is 0. The van der Waals surface area contributed by atoms with E-state index in [1.807, 2.05) is 10.6 Å². The lowest BCUT2D eigenvalue weighted by atomic mass is 10.1. The van der Waals surface area contributed by atoms with Crippen LogP contribution in [-0.4, -0.2) is 24.6 Å². The molecule has 0 spiro atoms. The summed E-state index contributed by atoms with van der Waals surface area (Å²) in [5.41, 5.74) is 0. The average molecular weight is 641 g/mol. The maximum atomic E-state index is 2.66. The van der Waals surface area contributed by atoms with Crippen LogP contribution in [0.5, 0.6) is 0 Å². The first-order valence-corrected chi connectivity index (χ1v) is 23.2. The van der Waals surface area contributed by atoms with Crippen LogP contribution in [0.1, 0.15) is 182 Å². The van der Waals surface area contributed by atoms with Crippen molar-refractivity contribution in [1.29, 1.82) is 0 Å². The van der Waals surface area contributed by atoms with Crippen LogP contribution in [0.15, 0.2) is 36.4 Å². The minimum absolute atomic E-state index is 0.0683. The van der Waals surface area contributed by atoms with Gasteiger partial charge in [0.15, 0.2) is 0 Å². The second-order valence-corrected chi connectivity index (χ2v) is 18.6. The number of hydrogen-bond donors (Lipinski definition) is 0. The van der Waals surface area contributed by atoms with Crippen LogP contribution in [0.25, 0.3) is 10.8 Å². The Kier molecular flexibility index (Phi) is 25.0. The molecule has 0 radical (unpaired) electrons. The van der Waals surface area contributed by atoms with Crippen molar-refractivity contribution in [3.63, 3.8) is 0 Å². The quantitative estimate of drug-likeness (QED) is 0.0589. The van der Waals surface area contributed by atoms with Gasteiger partial charge in [-0.1, -0.05) is 208 Å². The molecule has 2 aromatic carbocycles. The Morgan fingerprint density at radius 1 is 0.364 bits per heavy atom. The van der Waals surface area contributed by atoms with Gasteiger partial charge >= 0.3 is 0 Å². The van der Waals surface area contributed by atoms with Crippen LogP contribution < -0.4 is 10.6 Å². The van der Waals surface area contributed by atoms with E-state index in [2.05, 4.69) is 64.1 Å². The molecule has 0 heterocycles. The van der Waals surface area contributed by atoms with E-state index < -0.39 is 0 Å². The van der Waals surface area contributed by atoms with E-state index in [1.54, 1.807) is 5.39 Å². The van der Waals surface area contributed by atoms with Crippen LogP contribution >= 0.6 is 15.8 Å². The molecule has 0 amide bonds. The topological polar surface area (TPSA) is 0 Å². The summed E-state index contributed by atoms with van der Waals surface area (Å²) in [5, 5.41) is 6.86. The van der Waals surface area contributed by atoms with Gasteiger partial charge in [-0.3, -0.25) is 0 Å². The molecule has 2 rings (SSSR count). The Morgan fingerprint density at radius 3 is 1.16 bits per heavy atom. The van der Waals surface area contributed by atoms with E-state index in [4.69, 9.17) is 0 Å². The predicted octanol–water partition coefficient (Wildman–Crippen LogP) is 14.5. The van der Waals surface area contributed by atoms with Crippen LogP contribution in [0.2, 0.25) is 0 Å². The smallest absolute Gasteiger partial charge is 0.00857 e. The van der Waals surface area contributed by atoms with Crippen LogP contribution in [0, 0.1) is 0 Å². The molecule has 0 saturated carbocycles. The number of benzene rings is 2. The zero-order valence-electron chi connectivity index (χ0n) is 30.2. The third kappa shape index (κ3) is 16.9. The number of rotatable bonds is 30. The zero-order valence-corrected chi connectivity index (χ0v) is 31.9. The second-order valence-electron chi connectivity index (χ2n) is 13.7. The molecule has 252 valence electrons. The van der Waals surface area contributed by atoms with Gasteiger partial charge in [0.05, 0.1) is 0 Å². The van der Waals surface area contributed by atoms with Crippen LogP contribution in [-0.2, 0) is 0 Å². The fourth-order valence-corrected chi connectivity index (χ4v) is 13.1. The van der Waals surface area contributed by atoms with E-state index in [-0.39, 0.29) is 15.8 Å². The third-order valence-electron chi connectivity index (χ3n) is 9.66. The standard InChI is InChI=1S/C42H74P2/c1-5-9-13-17-21-27-35-43(36-28-22-18-14-10-6-2)41-34-33-39-31-25-26-32-40(39)42(41)44(37-29-23-19-15-11-7-3)38-30-24-20-16-12-8-4/h25-26,31-34H,5-24,27-30,35-38H2,1-4H3. The highest BCUT2D eigenvalue weighted by Gasteiger charge is 2.23. The Labute approximate surface area is 279 Å². The van der Waals surface area contributed by atoms with E-state index in [9.17, 15) is 0 Å². The molecule has 0 aliphatic carbocycles. The minimum atomic E-state index is -0.0949. The molecule has 0 fully saturated rings. The summed E-state index contributed by atoms with van der Waals surface area (Å²) in [6.07, 6.45) is 40.1. The third-order valence-corrected chi connectivity index (χ3v) is 15.4. The van der Waals surface area contributed by atoms with Crippen molar-refractivity contribution >= 4 is 37.2 Å². The maximum Gasteiger partial charge on any atom is -0.00857 e. The Bertz CT molecular complexity index is 889. The summed E-state index contributed by atoms with van der Waals surface area (Å²) in [4.78, 5) is 0. The molecule has 0 aromatic heterocycles. The first kappa shape index (κ1) is 39.7. The van der Waals surface area contributed by atoms with Gasteiger partial charge in [-0.15, -0.1) is 0 Å². The second kappa shape index (κ2) is 27.7. The van der Waals surface area contributed by atoms with Crippen LogP contribution in [0.4, 0.5) is 0 Å². The minimum Gasteiger partial charge on any atom is -0.0746 e. The van der Waals surface area contributed by atoms with E-state index in [1.165, 1.54) is 184 Å². The highest BCUT2D eigenvalue weighted by molar-refractivity contribution is 7.72. The monoisotopic (exact) mass is 641 g/mol. The molecule has 0 saturated heterocycles. The molecule has 2 aromatic rings. The molecule has 0 N–H and O–H groups in total. The first-order valence-electron chi connectivity index (χ1n) is 19.8. The van der Waals surface area contributed by atoms with Crippen molar-refractivity contribution in [3.05, 3.63) is 36.4 Å². The van der Waals surface area contributed by atoms with Crippen molar-refractivity contribution in [2.24, 2.45) is 0 Å². The highest BCUT2D eigenvalue weighted by Crippen LogP contribution is 2.45. The Hall–Kier alpha value is -0.440. The summed E-state index contributed by atoms with van der Waals surface area (Å²) >= 11 is 0. The van der Waals surface area contributed by atoms with Gasteiger partial charge in [-0.25, -0.2) is 0 Å². The van der Waals surface area contributed by atoms with Gasteiger partial charge in [0.1, 0.15) is 0 Å². The number of unbranched alkanes of at least 4 members (excludes halogenated alkanes) is 20. The molecular weight excluding hydrogens is 566 g/mol. The van der Waals surface area contributed by atoms with E-state index in [0.29, 0.717) is 0 Å². The number of fused-ring (bicyclic) bond motifs is 1. The van der Waals surface area contributed by atoms with Crippen molar-refractivity contribution in [2.75, 3.05) is 24.6 Å². The zero-order chi connectivity index (χ0) is 31.5. The van der Waals surface area contributed by atoms with E-state index >= 15 is 0 Å². The molecule has 0 aliphatic rings. The lowest BCUT2D eigenvalue weighted by Crippen LogP contribution is -2.26. The van der Waals surface area contributed by atoms with Gasteiger partial charge in [-0.05, 0) is 71.7 Å².